The fourth-order valence-corrected chi connectivity index (χ4v) is 7.25. The van der Waals surface area contributed by atoms with E-state index in [9.17, 15) is 9.59 Å². The lowest BCUT2D eigenvalue weighted by molar-refractivity contribution is -0.127. The van der Waals surface area contributed by atoms with Gasteiger partial charge in [0, 0.05) is 23.2 Å². The van der Waals surface area contributed by atoms with E-state index in [1.807, 2.05) is 6.92 Å². The largest absolute Gasteiger partial charge is 0.476 e. The summed E-state index contributed by atoms with van der Waals surface area (Å²) in [5, 5.41) is 8.54. The van der Waals surface area contributed by atoms with Gasteiger partial charge >= 0.3 is 5.97 Å². The molecule has 1 N–H and O–H groups in total. The summed E-state index contributed by atoms with van der Waals surface area (Å²) in [6.45, 7) is 2.55. The third-order valence-corrected chi connectivity index (χ3v) is 9.69. The van der Waals surface area contributed by atoms with Gasteiger partial charge in [-0.15, -0.1) is 0 Å². The van der Waals surface area contributed by atoms with Gasteiger partial charge in [0.05, 0.1) is 40.7 Å². The van der Waals surface area contributed by atoms with Crippen LogP contribution in [0.25, 0.3) is 10.9 Å². The number of carbonyl (C=O) groups is 2. The second-order valence-corrected chi connectivity index (χ2v) is 12.6. The number of nitrogens with zero attached hydrogens (tertiary/aromatic N) is 3. The summed E-state index contributed by atoms with van der Waals surface area (Å²) in [6, 6.07) is 13.1. The van der Waals surface area contributed by atoms with Crippen molar-refractivity contribution in [3.05, 3.63) is 87.4 Å². The molecule has 0 unspecified atom stereocenters. The van der Waals surface area contributed by atoms with Gasteiger partial charge < -0.3 is 14.8 Å². The summed E-state index contributed by atoms with van der Waals surface area (Å²) in [7, 11) is 1.17. The minimum atomic E-state index is -1.31. The maximum Gasteiger partial charge on any atom is 0.340 e. The van der Waals surface area contributed by atoms with Crippen LogP contribution in [0.2, 0.25) is 10.0 Å². The summed E-state index contributed by atoms with van der Waals surface area (Å²) < 4.78 is 43.7. The first-order valence-electron chi connectivity index (χ1n) is 14.3. The number of hydrogen-bond donors (Lipinski definition) is 1. The number of aromatic nitrogens is 2. The number of halogens is 4. The normalized spacial score (nSPS) is 24.5. The number of fused-ring (bicyclic) bond motifs is 5. The second-order valence-electron chi connectivity index (χ2n) is 11.8. The van der Waals surface area contributed by atoms with Crippen molar-refractivity contribution >= 4 is 51.7 Å². The van der Waals surface area contributed by atoms with E-state index in [0.29, 0.717) is 34.1 Å². The molecule has 44 heavy (non-hydrogen) atoms. The van der Waals surface area contributed by atoms with Crippen LogP contribution in [0, 0.1) is 17.6 Å². The van der Waals surface area contributed by atoms with Crippen molar-refractivity contribution in [2.24, 2.45) is 5.92 Å². The van der Waals surface area contributed by atoms with Gasteiger partial charge in [-0.25, -0.2) is 18.3 Å². The molecule has 3 aromatic carbocycles. The van der Waals surface area contributed by atoms with Crippen molar-refractivity contribution < 1.29 is 27.8 Å². The summed E-state index contributed by atoms with van der Waals surface area (Å²) in [5.74, 6) is -2.76. The van der Waals surface area contributed by atoms with Crippen molar-refractivity contribution in [2.75, 3.05) is 25.6 Å². The van der Waals surface area contributed by atoms with Crippen LogP contribution in [0.15, 0.2) is 54.6 Å². The van der Waals surface area contributed by atoms with Crippen molar-refractivity contribution in [1.29, 1.82) is 0 Å². The molecule has 4 atom stereocenters. The molecule has 0 radical (unpaired) electrons. The zero-order chi connectivity index (χ0) is 30.9. The maximum atomic E-state index is 16.1. The lowest BCUT2D eigenvalue weighted by Gasteiger charge is -2.39. The van der Waals surface area contributed by atoms with Gasteiger partial charge in [-0.1, -0.05) is 41.4 Å². The molecule has 4 aromatic rings. The van der Waals surface area contributed by atoms with Crippen molar-refractivity contribution in [2.45, 2.75) is 43.3 Å². The molecule has 2 aliphatic heterocycles. The van der Waals surface area contributed by atoms with Crippen LogP contribution in [0.1, 0.15) is 47.6 Å². The molecule has 0 spiro atoms. The second kappa shape index (κ2) is 10.7. The minimum absolute atomic E-state index is 0.0695. The summed E-state index contributed by atoms with van der Waals surface area (Å²) in [5.41, 5.74) is -0.515. The highest BCUT2D eigenvalue weighted by molar-refractivity contribution is 6.31. The number of anilines is 1. The maximum absolute atomic E-state index is 16.1. The van der Waals surface area contributed by atoms with Crippen LogP contribution in [0.3, 0.4) is 0 Å². The Bertz CT molecular complexity index is 1830. The molecular formula is C32H28Cl2F2N4O4. The molecule has 1 amide bonds. The minimum Gasteiger partial charge on any atom is -0.476 e. The van der Waals surface area contributed by atoms with Crippen molar-refractivity contribution in [3.8, 4) is 5.88 Å². The first kappa shape index (κ1) is 29.0. The Hall–Kier alpha value is -3.73. The molecular weight excluding hydrogens is 613 g/mol. The van der Waals surface area contributed by atoms with Crippen LogP contribution in [-0.2, 0) is 9.53 Å². The fraction of sp³-hybridized carbons (Fsp3) is 0.344. The van der Waals surface area contributed by atoms with Gasteiger partial charge in [-0.05, 0) is 67.6 Å². The Kier molecular flexibility index (Phi) is 7.06. The number of nitrogens with one attached hydrogen (secondary N) is 1. The van der Waals surface area contributed by atoms with Crippen LogP contribution in [-0.4, -0.2) is 58.4 Å². The molecule has 1 saturated heterocycles. The zero-order valence-electron chi connectivity index (χ0n) is 23.8. The van der Waals surface area contributed by atoms with Crippen LogP contribution in [0.4, 0.5) is 14.5 Å². The first-order chi connectivity index (χ1) is 21.1. The summed E-state index contributed by atoms with van der Waals surface area (Å²) >= 11 is 12.6. The standard InChI is InChI=1S/C32H28Cl2F2N4O4/c1-32(31(42)37-18-6-3-5-17(33)11-18)26(19-7-4-8-22(34)27(19)36)28-25(39(32)14-16-9-10-16)15-44-29-21-12-23(35)20(30(41)43-2)13-24(21)38-40(28)29/h3-8,11-13,16,25-26,28H,9-10,14-15H2,1-2H3,(H,37,42)/t25-,26-,28+,32+/m0/s1. The van der Waals surface area contributed by atoms with Gasteiger partial charge in [0.25, 0.3) is 0 Å². The zero-order valence-corrected chi connectivity index (χ0v) is 25.3. The summed E-state index contributed by atoms with van der Waals surface area (Å²) in [4.78, 5) is 28.9. The Labute approximate surface area is 261 Å². The smallest absolute Gasteiger partial charge is 0.340 e. The highest BCUT2D eigenvalue weighted by atomic mass is 35.5. The number of benzene rings is 3. The van der Waals surface area contributed by atoms with Gasteiger partial charge in [0.1, 0.15) is 23.8 Å². The molecule has 7 rings (SSSR count). The Morgan fingerprint density at radius 2 is 1.91 bits per heavy atom. The van der Waals surface area contributed by atoms with Crippen molar-refractivity contribution in [3.63, 3.8) is 0 Å². The molecule has 12 heteroatoms. The number of esters is 1. The molecule has 8 nitrogen and oxygen atoms in total. The number of rotatable bonds is 6. The van der Waals surface area contributed by atoms with E-state index in [2.05, 4.69) is 10.2 Å². The average molecular weight is 642 g/mol. The van der Waals surface area contributed by atoms with Crippen molar-refractivity contribution in [1.82, 2.24) is 14.7 Å². The predicted octanol–water partition coefficient (Wildman–Crippen LogP) is 6.62. The Morgan fingerprint density at radius 3 is 2.64 bits per heavy atom. The third-order valence-electron chi connectivity index (χ3n) is 9.17. The molecule has 3 aliphatic rings. The molecule has 1 saturated carbocycles. The number of amides is 1. The molecule has 228 valence electrons. The lowest BCUT2D eigenvalue weighted by Crippen LogP contribution is -2.57. The van der Waals surface area contributed by atoms with Gasteiger partial charge in [-0.3, -0.25) is 9.69 Å². The number of carbonyl (C=O) groups excluding carboxylic acids is 2. The Balaban J connectivity index is 1.43. The fourth-order valence-electron chi connectivity index (χ4n) is 6.88. The number of hydrogen-bond acceptors (Lipinski definition) is 6. The molecule has 0 bridgehead atoms. The van der Waals surface area contributed by atoms with E-state index in [-0.39, 0.29) is 34.5 Å². The highest BCUT2D eigenvalue weighted by Gasteiger charge is 2.64. The van der Waals surface area contributed by atoms with Gasteiger partial charge in [0.2, 0.25) is 11.8 Å². The van der Waals surface area contributed by atoms with E-state index < -0.39 is 41.1 Å². The van der Waals surface area contributed by atoms with Crippen LogP contribution < -0.4 is 10.1 Å². The predicted molar refractivity (Wildman–Crippen MR) is 161 cm³/mol. The first-order valence-corrected chi connectivity index (χ1v) is 15.1. The monoisotopic (exact) mass is 640 g/mol. The molecule has 1 aromatic heterocycles. The third kappa shape index (κ3) is 4.53. The van der Waals surface area contributed by atoms with E-state index in [4.69, 9.17) is 37.8 Å². The van der Waals surface area contributed by atoms with E-state index >= 15 is 8.78 Å². The average Bonchev–Trinajstić information content (AvgIpc) is 3.70. The lowest BCUT2D eigenvalue weighted by atomic mass is 9.77. The van der Waals surface area contributed by atoms with E-state index in [0.717, 1.165) is 12.8 Å². The van der Waals surface area contributed by atoms with Crippen LogP contribution >= 0.6 is 23.2 Å². The molecule has 2 fully saturated rings. The quantitative estimate of drug-likeness (QED) is 0.239. The molecule has 3 heterocycles. The van der Waals surface area contributed by atoms with E-state index in [1.165, 1.54) is 25.3 Å². The topological polar surface area (TPSA) is 85.7 Å². The highest BCUT2D eigenvalue weighted by Crippen LogP contribution is 2.57. The SMILES string of the molecule is COC(=O)c1cc2nn3c(c2cc1F)OC[C@H]1[C@@H]3[C@H](c2cccc(Cl)c2F)[C@](C)(C(=O)Nc2cccc(Cl)c2)N1CC1CC1. The van der Waals surface area contributed by atoms with Gasteiger partial charge in [0.15, 0.2) is 0 Å². The molecule has 1 aliphatic carbocycles. The number of methoxy groups -OCH3 is 1. The number of likely N-dealkylation sites (tertiary alicyclic amines) is 1. The Morgan fingerprint density at radius 1 is 1.14 bits per heavy atom. The number of ether oxygens (including phenoxy) is 2. The van der Waals surface area contributed by atoms with Gasteiger partial charge in [-0.2, -0.15) is 5.10 Å². The van der Waals surface area contributed by atoms with E-state index in [1.54, 1.807) is 41.1 Å². The van der Waals surface area contributed by atoms with Crippen LogP contribution in [0.5, 0.6) is 5.88 Å². The summed E-state index contributed by atoms with van der Waals surface area (Å²) in [6.07, 6.45) is 2.03.